The Hall–Kier alpha value is -3.40. The van der Waals surface area contributed by atoms with Gasteiger partial charge in [0.15, 0.2) is 0 Å². The third-order valence-electron chi connectivity index (χ3n) is 4.07. The molecule has 0 radical (unpaired) electrons. The van der Waals surface area contributed by atoms with Gasteiger partial charge in [0.05, 0.1) is 0 Å². The number of benzene rings is 3. The SMILES string of the molecule is CCc1ccccc1NC(=O)c1cccc(NC(=O)c2ccccc2)c1. The zero-order chi connectivity index (χ0) is 18.4. The smallest absolute Gasteiger partial charge is 0.255 e. The topological polar surface area (TPSA) is 58.2 Å². The molecular formula is C22H20N2O2. The van der Waals surface area contributed by atoms with Crippen molar-refractivity contribution in [2.75, 3.05) is 10.6 Å². The van der Waals surface area contributed by atoms with E-state index in [-0.39, 0.29) is 11.8 Å². The summed E-state index contributed by atoms with van der Waals surface area (Å²) in [6.07, 6.45) is 0.837. The highest BCUT2D eigenvalue weighted by atomic mass is 16.2. The average molecular weight is 344 g/mol. The first-order chi connectivity index (χ1) is 12.7. The Labute approximate surface area is 152 Å². The van der Waals surface area contributed by atoms with Crippen molar-refractivity contribution in [3.8, 4) is 0 Å². The quantitative estimate of drug-likeness (QED) is 0.701. The molecule has 0 spiro atoms. The molecule has 0 aliphatic heterocycles. The van der Waals surface area contributed by atoms with Crippen molar-refractivity contribution in [3.63, 3.8) is 0 Å². The van der Waals surface area contributed by atoms with Crippen molar-refractivity contribution < 1.29 is 9.59 Å². The predicted octanol–water partition coefficient (Wildman–Crippen LogP) is 4.75. The molecule has 3 aromatic carbocycles. The molecule has 0 aromatic heterocycles. The van der Waals surface area contributed by atoms with Crippen molar-refractivity contribution in [1.82, 2.24) is 0 Å². The van der Waals surface area contributed by atoms with Crippen molar-refractivity contribution in [2.24, 2.45) is 0 Å². The van der Waals surface area contributed by atoms with Gasteiger partial charge in [0.1, 0.15) is 0 Å². The first kappa shape index (κ1) is 17.4. The molecule has 4 heteroatoms. The minimum Gasteiger partial charge on any atom is -0.322 e. The summed E-state index contributed by atoms with van der Waals surface area (Å²) in [4.78, 5) is 24.8. The molecule has 2 amide bonds. The molecule has 4 nitrogen and oxygen atoms in total. The van der Waals surface area contributed by atoms with Crippen LogP contribution in [0.15, 0.2) is 78.9 Å². The van der Waals surface area contributed by atoms with E-state index in [0.717, 1.165) is 17.7 Å². The fourth-order valence-electron chi connectivity index (χ4n) is 2.68. The molecule has 3 aromatic rings. The van der Waals surface area contributed by atoms with Gasteiger partial charge in [-0.15, -0.1) is 0 Å². The molecular weight excluding hydrogens is 324 g/mol. The highest BCUT2D eigenvalue weighted by Gasteiger charge is 2.10. The van der Waals surface area contributed by atoms with Crippen LogP contribution in [0.3, 0.4) is 0 Å². The second-order valence-corrected chi connectivity index (χ2v) is 5.87. The Morgan fingerprint density at radius 3 is 2.15 bits per heavy atom. The number of rotatable bonds is 5. The second-order valence-electron chi connectivity index (χ2n) is 5.87. The molecule has 0 fully saturated rings. The Kier molecular flexibility index (Phi) is 5.44. The number of anilines is 2. The lowest BCUT2D eigenvalue weighted by Crippen LogP contribution is -2.15. The minimum atomic E-state index is -0.209. The van der Waals surface area contributed by atoms with Crippen LogP contribution in [-0.2, 0) is 6.42 Å². The Morgan fingerprint density at radius 2 is 1.38 bits per heavy atom. The van der Waals surface area contributed by atoms with Crippen LogP contribution in [-0.4, -0.2) is 11.8 Å². The average Bonchev–Trinajstić information content (AvgIpc) is 2.69. The van der Waals surface area contributed by atoms with E-state index in [1.165, 1.54) is 0 Å². The number of hydrogen-bond donors (Lipinski definition) is 2. The van der Waals surface area contributed by atoms with Gasteiger partial charge in [-0.05, 0) is 48.4 Å². The molecule has 0 heterocycles. The number of carbonyl (C=O) groups excluding carboxylic acids is 2. The standard InChI is InChI=1S/C22H20N2O2/c1-2-16-9-6-7-14-20(16)24-22(26)18-12-8-13-19(15-18)23-21(25)17-10-4-3-5-11-17/h3-15H,2H2,1H3,(H,23,25)(H,24,26). The van der Waals surface area contributed by atoms with Gasteiger partial charge in [-0.25, -0.2) is 0 Å². The summed E-state index contributed by atoms with van der Waals surface area (Å²) in [6, 6.07) is 23.6. The first-order valence-corrected chi connectivity index (χ1v) is 8.53. The summed E-state index contributed by atoms with van der Waals surface area (Å²) < 4.78 is 0. The number of aryl methyl sites for hydroxylation is 1. The minimum absolute atomic E-state index is 0.207. The van der Waals surface area contributed by atoms with E-state index in [1.54, 1.807) is 36.4 Å². The number of carbonyl (C=O) groups is 2. The zero-order valence-electron chi connectivity index (χ0n) is 14.5. The van der Waals surface area contributed by atoms with Gasteiger partial charge in [0, 0.05) is 22.5 Å². The third-order valence-corrected chi connectivity index (χ3v) is 4.07. The van der Waals surface area contributed by atoms with E-state index in [1.807, 2.05) is 49.4 Å². The summed E-state index contributed by atoms with van der Waals surface area (Å²) >= 11 is 0. The molecule has 0 aliphatic rings. The lowest BCUT2D eigenvalue weighted by atomic mass is 10.1. The Morgan fingerprint density at radius 1 is 0.731 bits per heavy atom. The van der Waals surface area contributed by atoms with Crippen molar-refractivity contribution >= 4 is 23.2 Å². The predicted molar refractivity (Wildman–Crippen MR) is 105 cm³/mol. The molecule has 130 valence electrons. The molecule has 0 aliphatic carbocycles. The third kappa shape index (κ3) is 4.16. The lowest BCUT2D eigenvalue weighted by Gasteiger charge is -2.11. The molecule has 0 saturated heterocycles. The van der Waals surface area contributed by atoms with E-state index in [0.29, 0.717) is 16.8 Å². The first-order valence-electron chi connectivity index (χ1n) is 8.53. The molecule has 0 bridgehead atoms. The molecule has 3 rings (SSSR count). The largest absolute Gasteiger partial charge is 0.322 e. The van der Waals surface area contributed by atoms with Gasteiger partial charge in [-0.2, -0.15) is 0 Å². The highest BCUT2D eigenvalue weighted by Crippen LogP contribution is 2.18. The van der Waals surface area contributed by atoms with Crippen molar-refractivity contribution in [3.05, 3.63) is 95.6 Å². The van der Waals surface area contributed by atoms with Gasteiger partial charge < -0.3 is 10.6 Å². The normalized spacial score (nSPS) is 10.2. The summed E-state index contributed by atoms with van der Waals surface area (Å²) in [6.45, 7) is 2.05. The number of para-hydroxylation sites is 1. The maximum Gasteiger partial charge on any atom is 0.255 e. The van der Waals surface area contributed by atoms with Gasteiger partial charge in [0.2, 0.25) is 0 Å². The van der Waals surface area contributed by atoms with E-state index in [2.05, 4.69) is 10.6 Å². The summed E-state index contributed by atoms with van der Waals surface area (Å²) in [5, 5.41) is 5.76. The van der Waals surface area contributed by atoms with Crippen LogP contribution in [0.25, 0.3) is 0 Å². The van der Waals surface area contributed by atoms with Crippen LogP contribution >= 0.6 is 0 Å². The zero-order valence-corrected chi connectivity index (χ0v) is 14.5. The van der Waals surface area contributed by atoms with Gasteiger partial charge in [0.25, 0.3) is 11.8 Å². The number of hydrogen-bond acceptors (Lipinski definition) is 2. The van der Waals surface area contributed by atoms with Crippen LogP contribution in [0.4, 0.5) is 11.4 Å². The Balaban J connectivity index is 1.74. The van der Waals surface area contributed by atoms with E-state index < -0.39 is 0 Å². The monoisotopic (exact) mass is 344 g/mol. The van der Waals surface area contributed by atoms with Crippen LogP contribution in [0.1, 0.15) is 33.2 Å². The van der Waals surface area contributed by atoms with Gasteiger partial charge in [-0.3, -0.25) is 9.59 Å². The van der Waals surface area contributed by atoms with Gasteiger partial charge in [-0.1, -0.05) is 49.4 Å². The second kappa shape index (κ2) is 8.12. The Bertz CT molecular complexity index is 920. The van der Waals surface area contributed by atoms with E-state index in [4.69, 9.17) is 0 Å². The fourth-order valence-corrected chi connectivity index (χ4v) is 2.68. The summed E-state index contributed by atoms with van der Waals surface area (Å²) in [5.41, 5.74) is 3.52. The highest BCUT2D eigenvalue weighted by molar-refractivity contribution is 6.07. The molecule has 0 unspecified atom stereocenters. The molecule has 0 saturated carbocycles. The maximum atomic E-state index is 12.6. The fraction of sp³-hybridized carbons (Fsp3) is 0.0909. The van der Waals surface area contributed by atoms with Crippen molar-refractivity contribution in [1.29, 1.82) is 0 Å². The van der Waals surface area contributed by atoms with Crippen LogP contribution < -0.4 is 10.6 Å². The lowest BCUT2D eigenvalue weighted by molar-refractivity contribution is 0.101. The number of amides is 2. The summed E-state index contributed by atoms with van der Waals surface area (Å²) in [5.74, 6) is -0.416. The number of nitrogens with one attached hydrogen (secondary N) is 2. The van der Waals surface area contributed by atoms with E-state index >= 15 is 0 Å². The molecule has 0 atom stereocenters. The van der Waals surface area contributed by atoms with Gasteiger partial charge >= 0.3 is 0 Å². The summed E-state index contributed by atoms with van der Waals surface area (Å²) in [7, 11) is 0. The van der Waals surface area contributed by atoms with E-state index in [9.17, 15) is 9.59 Å². The molecule has 2 N–H and O–H groups in total. The van der Waals surface area contributed by atoms with Crippen LogP contribution in [0, 0.1) is 0 Å². The van der Waals surface area contributed by atoms with Crippen LogP contribution in [0.2, 0.25) is 0 Å². The van der Waals surface area contributed by atoms with Crippen molar-refractivity contribution in [2.45, 2.75) is 13.3 Å². The van der Waals surface area contributed by atoms with Crippen LogP contribution in [0.5, 0.6) is 0 Å². The maximum absolute atomic E-state index is 12.6. The molecule has 26 heavy (non-hydrogen) atoms.